The Kier molecular flexibility index (Phi) is 7.65. The minimum Gasteiger partial charge on any atom is -0.478 e. The summed E-state index contributed by atoms with van der Waals surface area (Å²) < 4.78 is 36.4. The molecule has 0 spiro atoms. The Labute approximate surface area is 223 Å². The molecule has 0 unspecified atom stereocenters. The van der Waals surface area contributed by atoms with Gasteiger partial charge in [0.25, 0.3) is 0 Å². The molecule has 1 aliphatic carbocycles. The zero-order valence-corrected chi connectivity index (χ0v) is 21.3. The van der Waals surface area contributed by atoms with Gasteiger partial charge in [-0.25, -0.2) is 23.5 Å². The molecule has 202 valence electrons. The summed E-state index contributed by atoms with van der Waals surface area (Å²) in [7, 11) is 1.52. The van der Waals surface area contributed by atoms with Gasteiger partial charge >= 0.3 is 5.97 Å². The zero-order valence-electron chi connectivity index (χ0n) is 21.3. The van der Waals surface area contributed by atoms with Crippen LogP contribution in [0.15, 0.2) is 60.8 Å². The van der Waals surface area contributed by atoms with Crippen LogP contribution in [0.3, 0.4) is 0 Å². The van der Waals surface area contributed by atoms with E-state index in [9.17, 15) is 23.5 Å². The Balaban J connectivity index is 1.66. The number of hydrogen-bond donors (Lipinski definition) is 2. The number of nitrogens with one attached hydrogen (secondary N) is 1. The topological polar surface area (TPSA) is 106 Å². The number of ether oxygens (including phenoxy) is 1. The fourth-order valence-electron chi connectivity index (χ4n) is 5.39. The van der Waals surface area contributed by atoms with E-state index < -0.39 is 35.7 Å². The number of imidazole rings is 1. The largest absolute Gasteiger partial charge is 0.478 e. The number of fused-ring (bicyclic) bond motifs is 1. The summed E-state index contributed by atoms with van der Waals surface area (Å²) in [6.45, 7) is 0. The van der Waals surface area contributed by atoms with Crippen LogP contribution in [0.5, 0.6) is 0 Å². The number of rotatable bonds is 8. The molecule has 0 saturated heterocycles. The summed E-state index contributed by atoms with van der Waals surface area (Å²) in [5, 5.41) is 12.0. The van der Waals surface area contributed by atoms with Crippen molar-refractivity contribution >= 4 is 28.7 Å². The van der Waals surface area contributed by atoms with Gasteiger partial charge in [0.2, 0.25) is 5.91 Å². The van der Waals surface area contributed by atoms with Crippen molar-refractivity contribution < 1.29 is 28.2 Å². The van der Waals surface area contributed by atoms with Gasteiger partial charge in [0.05, 0.1) is 16.6 Å². The first kappa shape index (κ1) is 26.4. The first-order valence-electron chi connectivity index (χ1n) is 12.8. The molecule has 4 aromatic rings. The maximum absolute atomic E-state index is 14.6. The number of hydrogen-bond acceptors (Lipinski definition) is 5. The second-order valence-electron chi connectivity index (χ2n) is 9.69. The van der Waals surface area contributed by atoms with Crippen LogP contribution in [0.2, 0.25) is 0 Å². The van der Waals surface area contributed by atoms with Crippen LogP contribution >= 0.6 is 0 Å². The van der Waals surface area contributed by atoms with Crippen LogP contribution in [0.1, 0.15) is 66.0 Å². The van der Waals surface area contributed by atoms with Crippen molar-refractivity contribution in [2.45, 2.75) is 44.2 Å². The van der Waals surface area contributed by atoms with E-state index in [0.29, 0.717) is 5.82 Å². The standard InChI is InChI=1S/C29H28F2N4O4/c1-39-26(18-10-6-3-7-11-18)27-33-22-14-20(30)21(31)15-23(22)35(27)25(17-8-4-2-5-9-17)28(36)34-24-13-12-19(16-32-24)29(37)38/h3,6-7,10-17,25-26H,2,4-5,8-9H2,1H3,(H,37,38)(H,32,34,36)/t25-,26+/m0/s1. The molecule has 39 heavy (non-hydrogen) atoms. The number of carboxylic acids is 1. The van der Waals surface area contributed by atoms with E-state index >= 15 is 0 Å². The number of halogens is 2. The van der Waals surface area contributed by atoms with Crippen LogP contribution < -0.4 is 5.32 Å². The smallest absolute Gasteiger partial charge is 0.337 e. The lowest BCUT2D eigenvalue weighted by Crippen LogP contribution is -2.35. The molecule has 2 N–H and O–H groups in total. The number of methoxy groups -OCH3 is 1. The number of pyridine rings is 1. The first-order chi connectivity index (χ1) is 18.9. The predicted molar refractivity (Wildman–Crippen MR) is 140 cm³/mol. The van der Waals surface area contributed by atoms with Gasteiger partial charge in [-0.15, -0.1) is 0 Å². The van der Waals surface area contributed by atoms with E-state index in [1.807, 2.05) is 30.3 Å². The van der Waals surface area contributed by atoms with E-state index in [2.05, 4.69) is 15.3 Å². The third kappa shape index (κ3) is 5.37. The van der Waals surface area contributed by atoms with Gasteiger partial charge in [0.1, 0.15) is 23.8 Å². The second kappa shape index (κ2) is 11.3. The Hall–Kier alpha value is -4.18. The number of aromatic carboxylic acids is 1. The molecule has 0 aliphatic heterocycles. The SMILES string of the molecule is CO[C@H](c1ccccc1)c1nc2cc(F)c(F)cc2n1[C@H](C(=O)Nc1ccc(C(=O)O)cn1)C1CCCCC1. The Morgan fingerprint density at radius 2 is 1.77 bits per heavy atom. The lowest BCUT2D eigenvalue weighted by atomic mass is 9.83. The van der Waals surface area contributed by atoms with Crippen molar-refractivity contribution in [3.8, 4) is 0 Å². The van der Waals surface area contributed by atoms with Gasteiger partial charge in [0.15, 0.2) is 11.6 Å². The Bertz CT molecular complexity index is 1480. The number of carboxylic acid groups (broad SMARTS) is 1. The molecule has 2 atom stereocenters. The minimum atomic E-state index is -1.13. The van der Waals surface area contributed by atoms with Crippen LogP contribution in [0, 0.1) is 17.6 Å². The van der Waals surface area contributed by atoms with Crippen LogP contribution in [-0.4, -0.2) is 38.6 Å². The fourth-order valence-corrected chi connectivity index (χ4v) is 5.39. The summed E-state index contributed by atoms with van der Waals surface area (Å²) in [4.78, 5) is 34.0. The Morgan fingerprint density at radius 1 is 1.05 bits per heavy atom. The molecule has 1 amide bonds. The molecule has 5 rings (SSSR count). The maximum Gasteiger partial charge on any atom is 0.337 e. The summed E-state index contributed by atoms with van der Waals surface area (Å²) in [5.74, 6) is -3.20. The first-order valence-corrected chi connectivity index (χ1v) is 12.8. The quantitative estimate of drug-likeness (QED) is 0.291. The van der Waals surface area contributed by atoms with Crippen molar-refractivity contribution in [2.75, 3.05) is 12.4 Å². The average molecular weight is 535 g/mol. The average Bonchev–Trinajstić information content (AvgIpc) is 3.28. The molecule has 1 fully saturated rings. The van der Waals surface area contributed by atoms with Gasteiger partial charge in [-0.2, -0.15) is 0 Å². The van der Waals surface area contributed by atoms with Crippen molar-refractivity contribution in [1.82, 2.24) is 14.5 Å². The highest BCUT2D eigenvalue weighted by molar-refractivity contribution is 5.95. The summed E-state index contributed by atoms with van der Waals surface area (Å²) in [6.07, 6.45) is 4.88. The van der Waals surface area contributed by atoms with Gasteiger partial charge in [-0.05, 0) is 36.5 Å². The molecule has 0 bridgehead atoms. The lowest BCUT2D eigenvalue weighted by Gasteiger charge is -2.32. The fraction of sp³-hybridized carbons (Fsp3) is 0.310. The number of nitrogens with zero attached hydrogens (tertiary/aromatic N) is 3. The highest BCUT2D eigenvalue weighted by atomic mass is 19.2. The van der Waals surface area contributed by atoms with E-state index in [4.69, 9.17) is 4.74 Å². The number of benzene rings is 2. The normalized spacial score (nSPS) is 15.7. The summed E-state index contributed by atoms with van der Waals surface area (Å²) in [5.41, 5.74) is 1.25. The summed E-state index contributed by atoms with van der Waals surface area (Å²) in [6, 6.07) is 13.3. The lowest BCUT2D eigenvalue weighted by molar-refractivity contribution is -0.121. The number of anilines is 1. The van der Waals surface area contributed by atoms with E-state index in [1.165, 1.54) is 25.4 Å². The summed E-state index contributed by atoms with van der Waals surface area (Å²) >= 11 is 0. The Morgan fingerprint density at radius 3 is 2.41 bits per heavy atom. The van der Waals surface area contributed by atoms with Crippen LogP contribution in [-0.2, 0) is 9.53 Å². The highest BCUT2D eigenvalue weighted by Gasteiger charge is 2.36. The van der Waals surface area contributed by atoms with Gasteiger partial charge in [-0.3, -0.25) is 4.79 Å². The molecule has 10 heteroatoms. The molecule has 8 nitrogen and oxygen atoms in total. The zero-order chi connectivity index (χ0) is 27.5. The number of amides is 1. The molecule has 1 aliphatic rings. The number of carbonyl (C=O) groups excluding carboxylic acids is 1. The van der Waals surface area contributed by atoms with E-state index in [-0.39, 0.29) is 28.3 Å². The molecule has 2 aromatic carbocycles. The van der Waals surface area contributed by atoms with Crippen molar-refractivity contribution in [1.29, 1.82) is 0 Å². The van der Waals surface area contributed by atoms with Crippen molar-refractivity contribution in [2.24, 2.45) is 5.92 Å². The molecule has 0 radical (unpaired) electrons. The highest BCUT2D eigenvalue weighted by Crippen LogP contribution is 2.39. The van der Waals surface area contributed by atoms with Crippen LogP contribution in [0.4, 0.5) is 14.6 Å². The van der Waals surface area contributed by atoms with E-state index in [1.54, 1.807) is 4.57 Å². The van der Waals surface area contributed by atoms with Crippen LogP contribution in [0.25, 0.3) is 11.0 Å². The van der Waals surface area contributed by atoms with Crippen molar-refractivity contribution in [3.63, 3.8) is 0 Å². The number of carbonyl (C=O) groups is 2. The molecular weight excluding hydrogens is 506 g/mol. The van der Waals surface area contributed by atoms with E-state index in [0.717, 1.165) is 49.8 Å². The molecule has 2 heterocycles. The monoisotopic (exact) mass is 534 g/mol. The minimum absolute atomic E-state index is 0.0111. The van der Waals surface area contributed by atoms with Crippen molar-refractivity contribution in [3.05, 3.63) is 89.4 Å². The van der Waals surface area contributed by atoms with Gasteiger partial charge < -0.3 is 19.7 Å². The third-order valence-corrected chi connectivity index (χ3v) is 7.24. The number of aromatic nitrogens is 3. The predicted octanol–water partition coefficient (Wildman–Crippen LogP) is 5.90. The molecule has 2 aromatic heterocycles. The maximum atomic E-state index is 14.6. The van der Waals surface area contributed by atoms with Gasteiger partial charge in [-0.1, -0.05) is 49.6 Å². The molecular formula is C29H28F2N4O4. The second-order valence-corrected chi connectivity index (χ2v) is 9.69. The van der Waals surface area contributed by atoms with Gasteiger partial charge in [0, 0.05) is 25.4 Å². The molecule has 1 saturated carbocycles. The third-order valence-electron chi connectivity index (χ3n) is 7.24.